The van der Waals surface area contributed by atoms with E-state index in [1.807, 2.05) is 31.2 Å². The topological polar surface area (TPSA) is 71.1 Å². The molecule has 0 spiro atoms. The fourth-order valence-electron chi connectivity index (χ4n) is 2.65. The molecule has 6 heteroatoms. The van der Waals surface area contributed by atoms with Gasteiger partial charge in [-0.15, -0.1) is 9.78 Å². The van der Waals surface area contributed by atoms with E-state index in [-0.39, 0.29) is 0 Å². The van der Waals surface area contributed by atoms with Crippen LogP contribution in [0, 0.1) is 0 Å². The number of hydrogen-bond donors (Lipinski definition) is 0. The first-order valence-corrected chi connectivity index (χ1v) is 10.3. The molecule has 0 saturated carbocycles. The van der Waals surface area contributed by atoms with Gasteiger partial charge in [0, 0.05) is 6.42 Å². The van der Waals surface area contributed by atoms with Gasteiger partial charge in [0.1, 0.15) is 0 Å². The summed E-state index contributed by atoms with van der Waals surface area (Å²) in [6.07, 6.45) is 0.0261. The first kappa shape index (κ1) is 23.6. The third-order valence-corrected chi connectivity index (χ3v) is 4.61. The molecular weight excluding hydrogens is 384 g/mol. The van der Waals surface area contributed by atoms with Crippen LogP contribution in [0.4, 0.5) is 0 Å². The van der Waals surface area contributed by atoms with Gasteiger partial charge >= 0.3 is 11.9 Å². The molecule has 2 aromatic carbocycles. The fourth-order valence-corrected chi connectivity index (χ4v) is 2.65. The van der Waals surface area contributed by atoms with Gasteiger partial charge in [-0.05, 0) is 47.2 Å². The summed E-state index contributed by atoms with van der Waals surface area (Å²) in [5, 5.41) is 0. The molecule has 0 amide bonds. The van der Waals surface area contributed by atoms with Crippen molar-refractivity contribution in [2.45, 2.75) is 65.6 Å². The van der Waals surface area contributed by atoms with Gasteiger partial charge in [0.25, 0.3) is 0 Å². The molecule has 0 bridgehead atoms. The van der Waals surface area contributed by atoms with Gasteiger partial charge in [-0.25, -0.2) is 9.59 Å². The van der Waals surface area contributed by atoms with Crippen LogP contribution in [0.2, 0.25) is 0 Å². The van der Waals surface area contributed by atoms with E-state index in [0.717, 1.165) is 11.1 Å². The third kappa shape index (κ3) is 6.97. The smallest absolute Gasteiger partial charge is 0.290 e. The van der Waals surface area contributed by atoms with Gasteiger partial charge < -0.3 is 0 Å². The Morgan fingerprint density at radius 2 is 1.07 bits per heavy atom. The van der Waals surface area contributed by atoms with Crippen LogP contribution in [0.15, 0.2) is 48.5 Å². The van der Waals surface area contributed by atoms with Crippen molar-refractivity contribution < 1.29 is 29.1 Å². The highest BCUT2D eigenvalue weighted by atomic mass is 17.3. The molecule has 0 aliphatic heterocycles. The minimum Gasteiger partial charge on any atom is -0.290 e. The standard InChI is InChI=1S/C24H30O6/c1-6-7-22(27-29-23(25)20-12-8-18(9-13-20)16(2)3)28-30-24(26)21-14-10-19(11-15-21)17(4)5/h8-17,22H,6-7H2,1-5H3. The predicted molar refractivity (Wildman–Crippen MR) is 113 cm³/mol. The van der Waals surface area contributed by atoms with Crippen molar-refractivity contribution in [3.05, 3.63) is 70.8 Å². The Labute approximate surface area is 178 Å². The Balaban J connectivity index is 1.87. The molecule has 162 valence electrons. The van der Waals surface area contributed by atoms with Gasteiger partial charge in [-0.3, -0.25) is 9.78 Å². The molecule has 2 aromatic rings. The third-order valence-electron chi connectivity index (χ3n) is 4.61. The van der Waals surface area contributed by atoms with Gasteiger partial charge in [0.05, 0.1) is 11.1 Å². The van der Waals surface area contributed by atoms with Crippen molar-refractivity contribution in [3.63, 3.8) is 0 Å². The van der Waals surface area contributed by atoms with E-state index in [9.17, 15) is 9.59 Å². The summed E-state index contributed by atoms with van der Waals surface area (Å²) in [5.74, 6) is -0.564. The summed E-state index contributed by atoms with van der Waals surface area (Å²) < 4.78 is 0. The van der Waals surface area contributed by atoms with Crippen LogP contribution in [0.1, 0.15) is 91.1 Å². The molecule has 0 aliphatic carbocycles. The molecule has 30 heavy (non-hydrogen) atoms. The number of benzene rings is 2. The number of hydrogen-bond acceptors (Lipinski definition) is 6. The Bertz CT molecular complexity index is 741. The molecular formula is C24H30O6. The summed E-state index contributed by atoms with van der Waals surface area (Å²) in [6.45, 7) is 10.2. The predicted octanol–water partition coefficient (Wildman–Crippen LogP) is 5.94. The Morgan fingerprint density at radius 1 is 0.700 bits per heavy atom. The Morgan fingerprint density at radius 3 is 1.37 bits per heavy atom. The van der Waals surface area contributed by atoms with E-state index in [0.29, 0.717) is 35.8 Å². The van der Waals surface area contributed by atoms with Gasteiger partial charge in [0.15, 0.2) is 0 Å². The lowest BCUT2D eigenvalue weighted by Crippen LogP contribution is -2.22. The molecule has 0 saturated heterocycles. The summed E-state index contributed by atoms with van der Waals surface area (Å²) in [6, 6.07) is 14.2. The summed E-state index contributed by atoms with van der Waals surface area (Å²) in [5.41, 5.74) is 2.95. The first-order chi connectivity index (χ1) is 14.3. The lowest BCUT2D eigenvalue weighted by atomic mass is 10.0. The number of rotatable bonds is 10. The molecule has 0 N–H and O–H groups in total. The average Bonchev–Trinajstić information content (AvgIpc) is 2.75. The zero-order chi connectivity index (χ0) is 22.1. The highest BCUT2D eigenvalue weighted by Gasteiger charge is 2.19. The van der Waals surface area contributed by atoms with E-state index in [1.54, 1.807) is 24.3 Å². The van der Waals surface area contributed by atoms with E-state index in [2.05, 4.69) is 27.7 Å². The van der Waals surface area contributed by atoms with Crippen molar-refractivity contribution in [2.24, 2.45) is 0 Å². The van der Waals surface area contributed by atoms with E-state index in [4.69, 9.17) is 19.6 Å². The van der Waals surface area contributed by atoms with Crippen LogP contribution in [0.25, 0.3) is 0 Å². The normalized spacial score (nSPS) is 11.2. The minimum atomic E-state index is -1.02. The van der Waals surface area contributed by atoms with Crippen molar-refractivity contribution in [1.82, 2.24) is 0 Å². The maximum absolute atomic E-state index is 12.2. The molecule has 0 radical (unpaired) electrons. The average molecular weight is 414 g/mol. The maximum Gasteiger partial charge on any atom is 0.373 e. The zero-order valence-corrected chi connectivity index (χ0v) is 18.2. The van der Waals surface area contributed by atoms with Crippen LogP contribution in [0.3, 0.4) is 0 Å². The monoisotopic (exact) mass is 414 g/mol. The first-order valence-electron chi connectivity index (χ1n) is 10.3. The van der Waals surface area contributed by atoms with Crippen LogP contribution in [0.5, 0.6) is 0 Å². The Kier molecular flexibility index (Phi) is 9.02. The summed E-state index contributed by atoms with van der Waals surface area (Å²) in [7, 11) is 0. The largest absolute Gasteiger partial charge is 0.373 e. The molecule has 0 aromatic heterocycles. The van der Waals surface area contributed by atoms with Crippen molar-refractivity contribution in [2.75, 3.05) is 0 Å². The molecule has 0 aliphatic rings. The highest BCUT2D eigenvalue weighted by molar-refractivity contribution is 5.89. The van der Waals surface area contributed by atoms with Crippen LogP contribution in [-0.2, 0) is 19.6 Å². The molecule has 0 heterocycles. The van der Waals surface area contributed by atoms with Crippen LogP contribution >= 0.6 is 0 Å². The molecule has 0 fully saturated rings. The molecule has 0 unspecified atom stereocenters. The minimum absolute atomic E-state index is 0.358. The van der Waals surface area contributed by atoms with Gasteiger partial charge in [-0.1, -0.05) is 65.3 Å². The lowest BCUT2D eigenvalue weighted by molar-refractivity contribution is -0.421. The van der Waals surface area contributed by atoms with Crippen molar-refractivity contribution >= 4 is 11.9 Å². The molecule has 0 atom stereocenters. The molecule has 6 nitrogen and oxygen atoms in total. The maximum atomic E-state index is 12.2. The van der Waals surface area contributed by atoms with E-state index < -0.39 is 18.2 Å². The van der Waals surface area contributed by atoms with E-state index in [1.165, 1.54) is 0 Å². The second-order valence-corrected chi connectivity index (χ2v) is 7.71. The van der Waals surface area contributed by atoms with Crippen LogP contribution in [-0.4, -0.2) is 18.2 Å². The lowest BCUT2D eigenvalue weighted by Gasteiger charge is -2.14. The molecule has 2 rings (SSSR count). The second-order valence-electron chi connectivity index (χ2n) is 7.71. The van der Waals surface area contributed by atoms with Crippen molar-refractivity contribution in [1.29, 1.82) is 0 Å². The van der Waals surface area contributed by atoms with Crippen molar-refractivity contribution in [3.8, 4) is 0 Å². The zero-order valence-electron chi connectivity index (χ0n) is 18.2. The highest BCUT2D eigenvalue weighted by Crippen LogP contribution is 2.17. The summed E-state index contributed by atoms with van der Waals surface area (Å²) >= 11 is 0. The fraction of sp³-hybridized carbons (Fsp3) is 0.417. The van der Waals surface area contributed by atoms with Gasteiger partial charge in [0.2, 0.25) is 6.29 Å². The van der Waals surface area contributed by atoms with Crippen LogP contribution < -0.4 is 0 Å². The SMILES string of the molecule is CCCC(OOC(=O)c1ccc(C(C)C)cc1)OOC(=O)c1ccc(C(C)C)cc1. The Hall–Kier alpha value is -2.70. The second kappa shape index (κ2) is 11.5. The summed E-state index contributed by atoms with van der Waals surface area (Å²) in [4.78, 5) is 44.2. The van der Waals surface area contributed by atoms with Gasteiger partial charge in [-0.2, -0.15) is 0 Å². The number of carbonyl (C=O) groups is 2. The van der Waals surface area contributed by atoms with E-state index >= 15 is 0 Å². The quantitative estimate of drug-likeness (QED) is 0.272. The number of carbonyl (C=O) groups excluding carboxylic acids is 2.